The van der Waals surface area contributed by atoms with Gasteiger partial charge in [0.1, 0.15) is 6.26 Å². The lowest BCUT2D eigenvalue weighted by molar-refractivity contribution is 0.102. The molecule has 1 heterocycles. The molecular formula is C12H13N3O2. The highest BCUT2D eigenvalue weighted by molar-refractivity contribution is 6.03. The molecule has 0 unspecified atom stereocenters. The van der Waals surface area contributed by atoms with Crippen molar-refractivity contribution in [2.45, 2.75) is 6.92 Å². The van der Waals surface area contributed by atoms with E-state index in [1.165, 1.54) is 6.26 Å². The molecule has 17 heavy (non-hydrogen) atoms. The van der Waals surface area contributed by atoms with Crippen molar-refractivity contribution in [3.8, 4) is 0 Å². The summed E-state index contributed by atoms with van der Waals surface area (Å²) in [6.07, 6.45) is 1.41. The predicted molar refractivity (Wildman–Crippen MR) is 65.1 cm³/mol. The monoisotopic (exact) mass is 231 g/mol. The Kier molecular flexibility index (Phi) is 3.40. The van der Waals surface area contributed by atoms with E-state index < -0.39 is 0 Å². The minimum Gasteiger partial charge on any atom is -0.385 e. The molecule has 2 aromatic rings. The first kappa shape index (κ1) is 11.2. The van der Waals surface area contributed by atoms with Gasteiger partial charge in [0.25, 0.3) is 5.91 Å². The summed E-state index contributed by atoms with van der Waals surface area (Å²) in [6, 6.07) is 8.83. The number of rotatable bonds is 4. The molecule has 1 aromatic carbocycles. The molecule has 0 aliphatic rings. The van der Waals surface area contributed by atoms with E-state index >= 15 is 0 Å². The maximum absolute atomic E-state index is 11.8. The minimum absolute atomic E-state index is 0.207. The predicted octanol–water partition coefficient (Wildman–Crippen LogP) is 2.36. The number of hydrogen-bond donors (Lipinski definition) is 2. The van der Waals surface area contributed by atoms with E-state index in [0.717, 1.165) is 12.2 Å². The second-order valence-electron chi connectivity index (χ2n) is 3.45. The lowest BCUT2D eigenvalue weighted by Gasteiger charge is -2.04. The SMILES string of the molecule is CCNc1ccc(C(=O)Nc2ccon2)cc1. The fourth-order valence-corrected chi connectivity index (χ4v) is 1.41. The van der Waals surface area contributed by atoms with Crippen molar-refractivity contribution < 1.29 is 9.32 Å². The molecule has 0 aliphatic heterocycles. The van der Waals surface area contributed by atoms with Gasteiger partial charge in [-0.1, -0.05) is 5.16 Å². The standard InChI is InChI=1S/C12H13N3O2/c1-2-13-10-5-3-9(4-6-10)12(16)14-11-7-8-17-15-11/h3-8,13H,2H2,1H3,(H,14,15,16). The van der Waals surface area contributed by atoms with Crippen molar-refractivity contribution in [2.75, 3.05) is 17.2 Å². The van der Waals surface area contributed by atoms with Crippen molar-refractivity contribution in [1.82, 2.24) is 5.16 Å². The van der Waals surface area contributed by atoms with Crippen LogP contribution in [0.15, 0.2) is 41.1 Å². The van der Waals surface area contributed by atoms with Gasteiger partial charge in [0.2, 0.25) is 0 Å². The minimum atomic E-state index is -0.207. The molecule has 88 valence electrons. The van der Waals surface area contributed by atoms with Crippen LogP contribution in [0, 0.1) is 0 Å². The van der Waals surface area contributed by atoms with Crippen LogP contribution < -0.4 is 10.6 Å². The van der Waals surface area contributed by atoms with Crippen LogP contribution in [0.4, 0.5) is 11.5 Å². The van der Waals surface area contributed by atoms with Gasteiger partial charge in [-0.3, -0.25) is 4.79 Å². The Hall–Kier alpha value is -2.30. The zero-order valence-electron chi connectivity index (χ0n) is 9.43. The number of anilines is 2. The molecule has 1 aromatic heterocycles. The summed E-state index contributed by atoms with van der Waals surface area (Å²) in [4.78, 5) is 11.8. The van der Waals surface area contributed by atoms with E-state index in [1.807, 2.05) is 19.1 Å². The van der Waals surface area contributed by atoms with Gasteiger partial charge in [0.05, 0.1) is 0 Å². The van der Waals surface area contributed by atoms with Gasteiger partial charge >= 0.3 is 0 Å². The summed E-state index contributed by atoms with van der Waals surface area (Å²) >= 11 is 0. The van der Waals surface area contributed by atoms with Crippen LogP contribution in [0.5, 0.6) is 0 Å². The van der Waals surface area contributed by atoms with Crippen LogP contribution in [0.3, 0.4) is 0 Å². The molecule has 0 fully saturated rings. The molecule has 0 atom stereocenters. The molecular weight excluding hydrogens is 218 g/mol. The average molecular weight is 231 g/mol. The maximum atomic E-state index is 11.8. The van der Waals surface area contributed by atoms with Gasteiger partial charge in [-0.05, 0) is 31.2 Å². The third kappa shape index (κ3) is 2.84. The lowest BCUT2D eigenvalue weighted by atomic mass is 10.2. The summed E-state index contributed by atoms with van der Waals surface area (Å²) in [5.41, 5.74) is 1.57. The third-order valence-electron chi connectivity index (χ3n) is 2.21. The smallest absolute Gasteiger partial charge is 0.256 e. The zero-order chi connectivity index (χ0) is 12.1. The van der Waals surface area contributed by atoms with Crippen molar-refractivity contribution in [3.05, 3.63) is 42.2 Å². The first-order valence-electron chi connectivity index (χ1n) is 5.35. The Bertz CT molecular complexity index is 477. The Labute approximate surface area is 98.8 Å². The first-order valence-corrected chi connectivity index (χ1v) is 5.35. The topological polar surface area (TPSA) is 67.2 Å². The number of benzene rings is 1. The van der Waals surface area contributed by atoms with E-state index in [-0.39, 0.29) is 5.91 Å². The molecule has 1 amide bonds. The van der Waals surface area contributed by atoms with E-state index in [0.29, 0.717) is 11.4 Å². The molecule has 0 saturated heterocycles. The summed E-state index contributed by atoms with van der Waals surface area (Å²) in [5.74, 6) is 0.202. The fourth-order valence-electron chi connectivity index (χ4n) is 1.41. The number of carbonyl (C=O) groups excluding carboxylic acids is 1. The lowest BCUT2D eigenvalue weighted by Crippen LogP contribution is -2.12. The van der Waals surface area contributed by atoms with E-state index in [2.05, 4.69) is 20.3 Å². The van der Waals surface area contributed by atoms with Crippen molar-refractivity contribution in [1.29, 1.82) is 0 Å². The largest absolute Gasteiger partial charge is 0.385 e. The summed E-state index contributed by atoms with van der Waals surface area (Å²) in [6.45, 7) is 2.87. The Morgan fingerprint density at radius 1 is 1.29 bits per heavy atom. The highest BCUT2D eigenvalue weighted by atomic mass is 16.5. The third-order valence-corrected chi connectivity index (χ3v) is 2.21. The van der Waals surface area contributed by atoms with Crippen LogP contribution in [0.1, 0.15) is 17.3 Å². The molecule has 0 aliphatic carbocycles. The highest BCUT2D eigenvalue weighted by Crippen LogP contribution is 2.11. The second-order valence-corrected chi connectivity index (χ2v) is 3.45. The number of amides is 1. The molecule has 0 saturated carbocycles. The zero-order valence-corrected chi connectivity index (χ0v) is 9.43. The summed E-state index contributed by atoms with van der Waals surface area (Å²) in [5, 5.41) is 9.40. The van der Waals surface area contributed by atoms with E-state index in [4.69, 9.17) is 0 Å². The first-order chi connectivity index (χ1) is 8.29. The molecule has 0 spiro atoms. The van der Waals surface area contributed by atoms with Gasteiger partial charge in [-0.25, -0.2) is 0 Å². The van der Waals surface area contributed by atoms with Gasteiger partial charge < -0.3 is 15.2 Å². The van der Waals surface area contributed by atoms with Gasteiger partial charge in [-0.2, -0.15) is 0 Å². The number of aromatic nitrogens is 1. The highest BCUT2D eigenvalue weighted by Gasteiger charge is 2.07. The van der Waals surface area contributed by atoms with E-state index in [1.54, 1.807) is 18.2 Å². The Balaban J connectivity index is 2.04. The van der Waals surface area contributed by atoms with Gasteiger partial charge in [0, 0.05) is 23.9 Å². The number of carbonyl (C=O) groups is 1. The van der Waals surface area contributed by atoms with Crippen molar-refractivity contribution in [2.24, 2.45) is 0 Å². The molecule has 2 rings (SSSR count). The normalized spacial score (nSPS) is 9.94. The van der Waals surface area contributed by atoms with Gasteiger partial charge in [-0.15, -0.1) is 0 Å². The molecule has 5 nitrogen and oxygen atoms in total. The number of nitrogens with zero attached hydrogens (tertiary/aromatic N) is 1. The van der Waals surface area contributed by atoms with Crippen LogP contribution in [0.2, 0.25) is 0 Å². The number of nitrogens with one attached hydrogen (secondary N) is 2. The van der Waals surface area contributed by atoms with Crippen molar-refractivity contribution in [3.63, 3.8) is 0 Å². The Morgan fingerprint density at radius 3 is 2.65 bits per heavy atom. The Morgan fingerprint density at radius 2 is 2.06 bits per heavy atom. The van der Waals surface area contributed by atoms with Crippen LogP contribution in [-0.4, -0.2) is 17.6 Å². The molecule has 0 radical (unpaired) electrons. The van der Waals surface area contributed by atoms with E-state index in [9.17, 15) is 4.79 Å². The summed E-state index contributed by atoms with van der Waals surface area (Å²) in [7, 11) is 0. The van der Waals surface area contributed by atoms with Crippen LogP contribution in [-0.2, 0) is 0 Å². The average Bonchev–Trinajstić information content (AvgIpc) is 2.83. The maximum Gasteiger partial charge on any atom is 0.256 e. The number of hydrogen-bond acceptors (Lipinski definition) is 4. The summed E-state index contributed by atoms with van der Waals surface area (Å²) < 4.78 is 4.63. The quantitative estimate of drug-likeness (QED) is 0.847. The molecule has 0 bridgehead atoms. The van der Waals surface area contributed by atoms with Gasteiger partial charge in [0.15, 0.2) is 5.82 Å². The van der Waals surface area contributed by atoms with Crippen LogP contribution >= 0.6 is 0 Å². The molecule has 2 N–H and O–H groups in total. The fraction of sp³-hybridized carbons (Fsp3) is 0.167. The van der Waals surface area contributed by atoms with Crippen molar-refractivity contribution >= 4 is 17.4 Å². The van der Waals surface area contributed by atoms with Crippen LogP contribution in [0.25, 0.3) is 0 Å². The molecule has 5 heteroatoms. The second kappa shape index (κ2) is 5.16.